The molecule has 0 spiro atoms. The number of piperazine rings is 3. The number of aliphatic hydroxyl groups excluding tert-OH is 3. The number of rotatable bonds is 18. The standard InChI is InChI=1S/2C32H38N6O2.C31H35FN6O2/c2*1-22-17-23(2)29(35-26-11-13-36(14-12-26)30-9-5-4-8-25(30)19-33)18-28(22)32(40)37-15-16-38(27(20-37)21-39)31-10-6-7-24(3)34-31;1-21-15-22(2)28(35-25-8-11-36(12-9-25)29-6-4-3-5-23(29)18-33)17-27(21)31(40)37-13-14-38(26(19-37)20-39)30-16-24(32)7-10-34-30/h2*4-10,17-18,26-27,35,39H,11-16,20-21H2,1-3H3;3-7,10,15-17,25-26,35,39H,8-9,11-14,19-20H2,1-2H3/t27-;;26-/m0.0/s1. The third-order valence-corrected chi connectivity index (χ3v) is 24.3. The Balaban J connectivity index is 0.000000156. The Labute approximate surface area is 704 Å². The van der Waals surface area contributed by atoms with E-state index in [1.54, 1.807) is 4.90 Å². The van der Waals surface area contributed by atoms with Crippen LogP contribution in [-0.4, -0.2) is 217 Å². The summed E-state index contributed by atoms with van der Waals surface area (Å²) in [5.41, 5.74) is 18.1. The molecule has 0 radical (unpaired) electrons. The van der Waals surface area contributed by atoms with Gasteiger partial charge in [0.15, 0.2) is 0 Å². The van der Waals surface area contributed by atoms with Crippen LogP contribution in [0.2, 0.25) is 0 Å². The monoisotopic (exact) mass is 1620 g/mol. The van der Waals surface area contributed by atoms with Gasteiger partial charge in [-0.2, -0.15) is 15.8 Å². The summed E-state index contributed by atoms with van der Waals surface area (Å²) in [7, 11) is 0. The predicted octanol–water partition coefficient (Wildman–Crippen LogP) is 12.7. The van der Waals surface area contributed by atoms with Crippen LogP contribution in [0.4, 0.5) is 56.0 Å². The third-order valence-electron chi connectivity index (χ3n) is 24.3. The highest BCUT2D eigenvalue weighted by Gasteiger charge is 2.36. The minimum Gasteiger partial charge on any atom is -0.394 e. The van der Waals surface area contributed by atoms with E-state index in [-0.39, 0.29) is 67.5 Å². The van der Waals surface area contributed by atoms with Crippen molar-refractivity contribution in [3.63, 3.8) is 0 Å². The van der Waals surface area contributed by atoms with E-state index in [0.717, 1.165) is 168 Å². The largest absolute Gasteiger partial charge is 0.394 e. The maximum atomic E-state index is 13.8. The lowest BCUT2D eigenvalue weighted by molar-refractivity contribution is 0.0690. The van der Waals surface area contributed by atoms with Crippen molar-refractivity contribution in [2.24, 2.45) is 0 Å². The number of aromatic nitrogens is 3. The van der Waals surface area contributed by atoms with E-state index in [4.69, 9.17) is 0 Å². The Morgan fingerprint density at radius 1 is 0.383 bits per heavy atom. The number of carbonyl (C=O) groups is 3. The molecule has 1 unspecified atom stereocenters. The van der Waals surface area contributed by atoms with Gasteiger partial charge in [0.25, 0.3) is 17.7 Å². The van der Waals surface area contributed by atoms with Crippen LogP contribution in [0.3, 0.4) is 0 Å². The molecule has 624 valence electrons. The van der Waals surface area contributed by atoms with E-state index in [9.17, 15) is 49.9 Å². The molecule has 3 atom stereocenters. The normalized spacial score (nSPS) is 18.0. The molecule has 25 heteroatoms. The highest BCUT2D eigenvalue weighted by molar-refractivity contribution is 5.99. The highest BCUT2D eigenvalue weighted by Crippen LogP contribution is 2.35. The zero-order valence-electron chi connectivity index (χ0n) is 70.2. The van der Waals surface area contributed by atoms with Gasteiger partial charge in [0, 0.05) is 174 Å². The van der Waals surface area contributed by atoms with Gasteiger partial charge in [-0.25, -0.2) is 19.3 Å². The summed E-state index contributed by atoms with van der Waals surface area (Å²) in [4.78, 5) is 73.1. The van der Waals surface area contributed by atoms with Crippen LogP contribution < -0.4 is 45.3 Å². The van der Waals surface area contributed by atoms with Gasteiger partial charge in [-0.15, -0.1) is 0 Å². The molecule has 24 nitrogen and oxygen atoms in total. The molecular formula is C95H111FN18O6. The quantitative estimate of drug-likeness (QED) is 0.0465. The maximum absolute atomic E-state index is 13.8. The lowest BCUT2D eigenvalue weighted by Crippen LogP contribution is -2.56. The number of nitriles is 3. The fourth-order valence-corrected chi connectivity index (χ4v) is 17.6. The van der Waals surface area contributed by atoms with E-state index in [2.05, 4.69) is 107 Å². The third kappa shape index (κ3) is 20.2. The zero-order valence-corrected chi connectivity index (χ0v) is 70.2. The number of amides is 3. The number of piperidine rings is 3. The Bertz CT molecular complexity index is 4740. The van der Waals surface area contributed by atoms with Crippen LogP contribution in [-0.2, 0) is 0 Å². The van der Waals surface area contributed by atoms with Gasteiger partial charge in [-0.05, 0) is 212 Å². The average molecular weight is 1620 g/mol. The molecule has 0 aliphatic carbocycles. The number of hydrogen-bond acceptors (Lipinski definition) is 21. The number of anilines is 9. The summed E-state index contributed by atoms with van der Waals surface area (Å²) in [6, 6.07) is 56.9. The fraction of sp³-hybridized carbons (Fsp3) is 0.400. The van der Waals surface area contributed by atoms with Gasteiger partial charge in [0.1, 0.15) is 41.5 Å². The Morgan fingerprint density at radius 2 is 0.692 bits per heavy atom. The van der Waals surface area contributed by atoms with E-state index >= 15 is 0 Å². The second-order valence-corrected chi connectivity index (χ2v) is 32.5. The molecule has 9 aromatic rings. The van der Waals surface area contributed by atoms with E-state index in [0.29, 0.717) is 110 Å². The lowest BCUT2D eigenvalue weighted by atomic mass is 9.99. The number of aryl methyl sites for hydroxylation is 8. The number of halogens is 1. The minimum atomic E-state index is -0.381. The van der Waals surface area contributed by atoms with Crippen molar-refractivity contribution >= 4 is 69.3 Å². The molecule has 6 N–H and O–H groups in total. The molecular weight excluding hydrogens is 1510 g/mol. The van der Waals surface area contributed by atoms with Gasteiger partial charge < -0.3 is 75.4 Å². The first-order valence-electron chi connectivity index (χ1n) is 42.0. The molecule has 6 saturated heterocycles. The van der Waals surface area contributed by atoms with Crippen LogP contribution in [0.15, 0.2) is 164 Å². The molecule has 3 aromatic heterocycles. The van der Waals surface area contributed by atoms with E-state index in [1.807, 2.05) is 183 Å². The summed E-state index contributed by atoms with van der Waals surface area (Å²) in [6.07, 6.45) is 7.05. The SMILES string of the molecule is Cc1cc(C)c(C(=O)N2CCN(c3cc(F)ccn3)[C@H](CO)C2)cc1NC1CCN(c2ccccc2C#N)CC1.Cc1cccc(N2CCN(C(=O)c3cc(NC4CCN(c5ccccc5C#N)CC4)c(C)cc3C)CC2CO)n1.Cc1cccc(N2CCN(C(=O)c3cc(NC4CCN(c5ccccc5C#N)CC4)c(C)cc3C)C[C@H]2CO)n1. The molecule has 6 fully saturated rings. The molecule has 0 saturated carbocycles. The number of para-hydroxylation sites is 3. The lowest BCUT2D eigenvalue weighted by Gasteiger charge is -2.41. The maximum Gasteiger partial charge on any atom is 0.254 e. The zero-order chi connectivity index (χ0) is 84.7. The Kier molecular flexibility index (Phi) is 28.1. The second kappa shape index (κ2) is 39.5. The molecule has 9 heterocycles. The minimum absolute atomic E-state index is 0.00113. The van der Waals surface area contributed by atoms with Crippen LogP contribution in [0.25, 0.3) is 0 Å². The van der Waals surface area contributed by atoms with Crippen molar-refractivity contribution in [2.75, 3.05) is 163 Å². The number of carbonyl (C=O) groups excluding carboxylic acids is 3. The highest BCUT2D eigenvalue weighted by atomic mass is 19.1. The van der Waals surface area contributed by atoms with Crippen LogP contribution >= 0.6 is 0 Å². The van der Waals surface area contributed by atoms with Crippen molar-refractivity contribution in [2.45, 2.75) is 130 Å². The smallest absolute Gasteiger partial charge is 0.254 e. The van der Waals surface area contributed by atoms with Gasteiger partial charge in [0.2, 0.25) is 0 Å². The number of aliphatic hydroxyl groups is 3. The summed E-state index contributed by atoms with van der Waals surface area (Å²) >= 11 is 0. The fourth-order valence-electron chi connectivity index (χ4n) is 17.6. The topological polar surface area (TPSA) is 287 Å². The van der Waals surface area contributed by atoms with E-state index in [1.165, 1.54) is 18.3 Å². The summed E-state index contributed by atoms with van der Waals surface area (Å²) in [5, 5.41) is 69.9. The average Bonchev–Trinajstić information content (AvgIpc) is 0.796. The van der Waals surface area contributed by atoms with Crippen molar-refractivity contribution in [1.82, 2.24) is 29.7 Å². The van der Waals surface area contributed by atoms with Crippen LogP contribution in [0, 0.1) is 95.2 Å². The number of nitrogens with zero attached hydrogens (tertiary/aromatic N) is 15. The molecule has 3 amide bonds. The van der Waals surface area contributed by atoms with Crippen molar-refractivity contribution in [1.29, 1.82) is 15.8 Å². The summed E-state index contributed by atoms with van der Waals surface area (Å²) in [6.45, 7) is 25.5. The summed E-state index contributed by atoms with van der Waals surface area (Å²) < 4.78 is 13.8. The molecule has 0 bridgehead atoms. The first kappa shape index (κ1) is 85.5. The van der Waals surface area contributed by atoms with Crippen molar-refractivity contribution in [3.05, 3.63) is 248 Å². The van der Waals surface area contributed by atoms with Gasteiger partial charge in [-0.1, -0.05) is 66.7 Å². The second-order valence-electron chi connectivity index (χ2n) is 32.5. The van der Waals surface area contributed by atoms with E-state index < -0.39 is 0 Å². The Morgan fingerprint density at radius 3 is 0.983 bits per heavy atom. The van der Waals surface area contributed by atoms with Gasteiger partial charge >= 0.3 is 0 Å². The van der Waals surface area contributed by atoms with Crippen molar-refractivity contribution in [3.8, 4) is 18.2 Å². The number of benzene rings is 6. The number of hydrogen-bond donors (Lipinski definition) is 6. The first-order valence-corrected chi connectivity index (χ1v) is 42.0. The molecule has 15 rings (SSSR count). The number of nitrogens with one attached hydrogen (secondary N) is 3. The van der Waals surface area contributed by atoms with Gasteiger partial charge in [-0.3, -0.25) is 14.4 Å². The number of pyridine rings is 3. The Hall–Kier alpha value is -12.3. The predicted molar refractivity (Wildman–Crippen MR) is 472 cm³/mol. The molecule has 120 heavy (non-hydrogen) atoms. The first-order chi connectivity index (χ1) is 58.1. The summed E-state index contributed by atoms with van der Waals surface area (Å²) in [5.74, 6) is 1.68. The van der Waals surface area contributed by atoms with Crippen LogP contribution in [0.1, 0.15) is 131 Å². The molecule has 6 aliphatic heterocycles. The van der Waals surface area contributed by atoms with Crippen LogP contribution in [0.5, 0.6) is 0 Å². The van der Waals surface area contributed by atoms with Crippen molar-refractivity contribution < 1.29 is 34.1 Å². The molecule has 6 aliphatic rings. The van der Waals surface area contributed by atoms with Gasteiger partial charge in [0.05, 0.1) is 71.7 Å². The molecule has 6 aromatic carbocycles.